The Morgan fingerprint density at radius 3 is 2.50 bits per heavy atom. The van der Waals surface area contributed by atoms with Crippen LogP contribution in [-0.4, -0.2) is 17.6 Å². The maximum Gasteiger partial charge on any atom is 0.307 e. The van der Waals surface area contributed by atoms with Crippen LogP contribution in [0.2, 0.25) is 0 Å². The van der Waals surface area contributed by atoms with Crippen LogP contribution >= 0.6 is 0 Å². The number of aliphatic carboxylic acids is 1. The van der Waals surface area contributed by atoms with E-state index in [-0.39, 0.29) is 12.0 Å². The molecule has 3 unspecified atom stereocenters. The maximum absolute atomic E-state index is 11.1. The Hall–Kier alpha value is -1.35. The van der Waals surface area contributed by atoms with Gasteiger partial charge in [0.15, 0.2) is 0 Å². The molecule has 1 saturated heterocycles. The second-order valence-electron chi connectivity index (χ2n) is 7.86. The molecule has 22 heavy (non-hydrogen) atoms. The van der Waals surface area contributed by atoms with Gasteiger partial charge in [-0.1, -0.05) is 44.5 Å². The van der Waals surface area contributed by atoms with Gasteiger partial charge in [-0.05, 0) is 48.1 Å². The molecule has 1 aromatic rings. The molecule has 0 aromatic heterocycles. The Kier molecular flexibility index (Phi) is 4.26. The third kappa shape index (κ3) is 3.35. The van der Waals surface area contributed by atoms with Gasteiger partial charge in [0.1, 0.15) is 0 Å². The van der Waals surface area contributed by atoms with E-state index in [1.807, 2.05) is 0 Å². The Morgan fingerprint density at radius 1 is 1.23 bits per heavy atom. The van der Waals surface area contributed by atoms with Gasteiger partial charge in [0, 0.05) is 12.6 Å². The maximum atomic E-state index is 11.1. The minimum Gasteiger partial charge on any atom is -0.481 e. The van der Waals surface area contributed by atoms with Crippen molar-refractivity contribution in [1.82, 2.24) is 5.32 Å². The zero-order chi connectivity index (χ0) is 15.7. The molecular formula is C19H27NO2. The van der Waals surface area contributed by atoms with E-state index in [2.05, 4.69) is 43.4 Å². The molecule has 1 heterocycles. The third-order valence-corrected chi connectivity index (χ3v) is 5.50. The van der Waals surface area contributed by atoms with E-state index in [1.54, 1.807) is 0 Å². The summed E-state index contributed by atoms with van der Waals surface area (Å²) in [5, 5.41) is 12.4. The summed E-state index contributed by atoms with van der Waals surface area (Å²) in [6.45, 7) is 5.34. The lowest BCUT2D eigenvalue weighted by Crippen LogP contribution is -2.21. The van der Waals surface area contributed by atoms with Gasteiger partial charge in [-0.3, -0.25) is 4.79 Å². The molecular weight excluding hydrogens is 274 g/mol. The smallest absolute Gasteiger partial charge is 0.307 e. The summed E-state index contributed by atoms with van der Waals surface area (Å²) in [6.07, 6.45) is 5.93. The SMILES string of the molecule is CC1(C)CCCC(c2ccc(C3CC(C(=O)O)CN3)cc2)C1. The molecule has 120 valence electrons. The van der Waals surface area contributed by atoms with Gasteiger partial charge in [0.25, 0.3) is 0 Å². The number of hydrogen-bond acceptors (Lipinski definition) is 2. The molecule has 3 nitrogen and oxygen atoms in total. The quantitative estimate of drug-likeness (QED) is 0.883. The first-order chi connectivity index (χ1) is 10.4. The first-order valence-corrected chi connectivity index (χ1v) is 8.51. The van der Waals surface area contributed by atoms with Crippen molar-refractivity contribution in [3.8, 4) is 0 Å². The van der Waals surface area contributed by atoms with Gasteiger partial charge in [-0.2, -0.15) is 0 Å². The van der Waals surface area contributed by atoms with E-state index < -0.39 is 5.97 Å². The predicted molar refractivity (Wildman–Crippen MR) is 87.9 cm³/mol. The standard InChI is InChI=1S/C19H27NO2/c1-19(2)9-3-4-15(11-19)13-5-7-14(8-6-13)17-10-16(12-20-17)18(21)22/h5-8,15-17,20H,3-4,9-12H2,1-2H3,(H,21,22). The lowest BCUT2D eigenvalue weighted by atomic mass is 9.70. The highest BCUT2D eigenvalue weighted by Gasteiger charge is 2.31. The Balaban J connectivity index is 1.67. The fraction of sp³-hybridized carbons (Fsp3) is 0.632. The number of nitrogens with one attached hydrogen (secondary N) is 1. The molecule has 0 radical (unpaired) electrons. The van der Waals surface area contributed by atoms with Gasteiger partial charge < -0.3 is 10.4 Å². The molecule has 1 aliphatic carbocycles. The average molecular weight is 301 g/mol. The van der Waals surface area contributed by atoms with E-state index in [0.29, 0.717) is 24.3 Å². The molecule has 2 aliphatic rings. The molecule has 1 saturated carbocycles. The van der Waals surface area contributed by atoms with Gasteiger partial charge in [0.05, 0.1) is 5.92 Å². The van der Waals surface area contributed by atoms with E-state index in [0.717, 1.165) is 0 Å². The number of rotatable bonds is 3. The summed E-state index contributed by atoms with van der Waals surface area (Å²) in [5.41, 5.74) is 3.13. The minimum absolute atomic E-state index is 0.193. The summed E-state index contributed by atoms with van der Waals surface area (Å²) in [5.74, 6) is -0.249. The molecule has 0 amide bonds. The molecule has 2 fully saturated rings. The van der Waals surface area contributed by atoms with Crippen LogP contribution in [0.1, 0.15) is 69.0 Å². The lowest BCUT2D eigenvalue weighted by molar-refractivity contribution is -0.141. The first-order valence-electron chi connectivity index (χ1n) is 8.51. The fourth-order valence-electron chi connectivity index (χ4n) is 4.16. The molecule has 2 N–H and O–H groups in total. The van der Waals surface area contributed by atoms with E-state index in [4.69, 9.17) is 5.11 Å². The van der Waals surface area contributed by atoms with Crippen molar-refractivity contribution in [1.29, 1.82) is 0 Å². The van der Waals surface area contributed by atoms with Crippen LogP contribution in [0.5, 0.6) is 0 Å². The minimum atomic E-state index is -0.684. The molecule has 1 aliphatic heterocycles. The van der Waals surface area contributed by atoms with E-state index >= 15 is 0 Å². The van der Waals surface area contributed by atoms with Gasteiger partial charge in [-0.15, -0.1) is 0 Å². The molecule has 3 atom stereocenters. The van der Waals surface area contributed by atoms with Crippen LogP contribution in [-0.2, 0) is 4.79 Å². The highest BCUT2D eigenvalue weighted by Crippen LogP contribution is 2.43. The van der Waals surface area contributed by atoms with Crippen LogP contribution in [0.4, 0.5) is 0 Å². The lowest BCUT2D eigenvalue weighted by Gasteiger charge is -2.35. The topological polar surface area (TPSA) is 49.3 Å². The summed E-state index contributed by atoms with van der Waals surface area (Å²) in [4.78, 5) is 11.1. The van der Waals surface area contributed by atoms with Gasteiger partial charge in [-0.25, -0.2) is 0 Å². The summed E-state index contributed by atoms with van der Waals surface area (Å²) < 4.78 is 0. The Labute approximate surface area is 133 Å². The number of hydrogen-bond donors (Lipinski definition) is 2. The molecule has 0 spiro atoms. The molecule has 1 aromatic carbocycles. The summed E-state index contributed by atoms with van der Waals surface area (Å²) in [6, 6.07) is 9.10. The number of carboxylic acids is 1. The highest BCUT2D eigenvalue weighted by atomic mass is 16.4. The van der Waals surface area contributed by atoms with E-state index in [9.17, 15) is 4.79 Å². The zero-order valence-electron chi connectivity index (χ0n) is 13.6. The van der Waals surface area contributed by atoms with Crippen molar-refractivity contribution in [3.05, 3.63) is 35.4 Å². The van der Waals surface area contributed by atoms with Gasteiger partial charge in [0.2, 0.25) is 0 Å². The highest BCUT2D eigenvalue weighted by molar-refractivity contribution is 5.70. The molecule has 3 heteroatoms. The normalized spacial score (nSPS) is 31.1. The number of carbonyl (C=O) groups is 1. The van der Waals surface area contributed by atoms with Crippen LogP contribution in [0.25, 0.3) is 0 Å². The van der Waals surface area contributed by atoms with Crippen molar-refractivity contribution < 1.29 is 9.90 Å². The van der Waals surface area contributed by atoms with Gasteiger partial charge >= 0.3 is 5.97 Å². The van der Waals surface area contributed by atoms with Crippen molar-refractivity contribution in [2.45, 2.75) is 57.9 Å². The molecule has 0 bridgehead atoms. The van der Waals surface area contributed by atoms with Crippen LogP contribution in [0.15, 0.2) is 24.3 Å². The summed E-state index contributed by atoms with van der Waals surface area (Å²) >= 11 is 0. The van der Waals surface area contributed by atoms with Crippen LogP contribution < -0.4 is 5.32 Å². The number of carboxylic acid groups (broad SMARTS) is 1. The van der Waals surface area contributed by atoms with Crippen molar-refractivity contribution in [3.63, 3.8) is 0 Å². The monoisotopic (exact) mass is 301 g/mol. The molecule has 3 rings (SSSR count). The van der Waals surface area contributed by atoms with E-state index in [1.165, 1.54) is 36.8 Å². The second-order valence-corrected chi connectivity index (χ2v) is 7.86. The zero-order valence-corrected chi connectivity index (χ0v) is 13.6. The average Bonchev–Trinajstić information content (AvgIpc) is 2.96. The van der Waals surface area contributed by atoms with Crippen LogP contribution in [0.3, 0.4) is 0 Å². The van der Waals surface area contributed by atoms with Crippen LogP contribution in [0, 0.1) is 11.3 Å². The number of benzene rings is 1. The largest absolute Gasteiger partial charge is 0.481 e. The predicted octanol–water partition coefficient (Wildman–Crippen LogP) is 4.11. The van der Waals surface area contributed by atoms with Crippen molar-refractivity contribution in [2.75, 3.05) is 6.54 Å². The third-order valence-electron chi connectivity index (χ3n) is 5.50. The Bertz CT molecular complexity index is 535. The Morgan fingerprint density at radius 2 is 1.91 bits per heavy atom. The van der Waals surface area contributed by atoms with Crippen molar-refractivity contribution in [2.24, 2.45) is 11.3 Å². The fourth-order valence-corrected chi connectivity index (χ4v) is 4.16. The summed E-state index contributed by atoms with van der Waals surface area (Å²) in [7, 11) is 0. The van der Waals surface area contributed by atoms with Crippen molar-refractivity contribution >= 4 is 5.97 Å². The first kappa shape index (κ1) is 15.5. The second kappa shape index (κ2) is 6.04.